The van der Waals surface area contributed by atoms with Gasteiger partial charge in [0.15, 0.2) is 0 Å². The Hall–Kier alpha value is -2.49. The quantitative estimate of drug-likeness (QED) is 0.732. The Balaban J connectivity index is 1.72. The molecule has 0 aliphatic carbocycles. The molecule has 30 heavy (non-hydrogen) atoms. The number of benzene rings is 1. The van der Waals surface area contributed by atoms with E-state index in [9.17, 15) is 13.2 Å². The number of hydrogen-bond acceptors (Lipinski definition) is 6. The van der Waals surface area contributed by atoms with Crippen LogP contribution in [0.5, 0.6) is 5.75 Å². The van der Waals surface area contributed by atoms with Crippen LogP contribution in [0.15, 0.2) is 53.7 Å². The van der Waals surface area contributed by atoms with Gasteiger partial charge in [0.1, 0.15) is 23.4 Å². The molecule has 0 saturated carbocycles. The highest BCUT2D eigenvalue weighted by Crippen LogP contribution is 2.37. The lowest BCUT2D eigenvalue weighted by atomic mass is 10.1. The van der Waals surface area contributed by atoms with Crippen LogP contribution < -0.4 is 4.74 Å². The zero-order chi connectivity index (χ0) is 21.1. The van der Waals surface area contributed by atoms with Gasteiger partial charge in [-0.1, -0.05) is 18.2 Å². The zero-order valence-electron chi connectivity index (χ0n) is 16.8. The van der Waals surface area contributed by atoms with E-state index in [1.54, 1.807) is 47.6 Å². The van der Waals surface area contributed by atoms with Crippen LogP contribution in [0.2, 0.25) is 0 Å². The van der Waals surface area contributed by atoms with Crippen LogP contribution in [-0.2, 0) is 26.1 Å². The minimum absolute atomic E-state index is 0.0106. The number of fused-ring (bicyclic) bond motifs is 2. The van der Waals surface area contributed by atoms with Crippen molar-refractivity contribution in [2.45, 2.75) is 36.4 Å². The van der Waals surface area contributed by atoms with E-state index in [2.05, 4.69) is 4.98 Å². The normalized spacial score (nSPS) is 23.4. The highest BCUT2D eigenvalue weighted by atomic mass is 32.2. The summed E-state index contributed by atoms with van der Waals surface area (Å²) in [5, 5.41) is 0. The number of rotatable bonds is 4. The van der Waals surface area contributed by atoms with Crippen molar-refractivity contribution in [3.05, 3.63) is 54.4 Å². The first-order chi connectivity index (χ1) is 14.5. The number of sulfonamides is 1. The van der Waals surface area contributed by atoms with Crippen molar-refractivity contribution in [2.75, 3.05) is 26.8 Å². The summed E-state index contributed by atoms with van der Waals surface area (Å²) >= 11 is 0. The molecule has 9 heteroatoms. The van der Waals surface area contributed by atoms with Gasteiger partial charge in [-0.3, -0.25) is 9.78 Å². The van der Waals surface area contributed by atoms with Gasteiger partial charge in [-0.15, -0.1) is 0 Å². The number of hydrogen-bond donors (Lipinski definition) is 0. The Bertz CT molecular complexity index is 999. The van der Waals surface area contributed by atoms with Crippen LogP contribution in [0.1, 0.15) is 18.4 Å². The first-order valence-corrected chi connectivity index (χ1v) is 11.4. The van der Waals surface area contributed by atoms with Crippen LogP contribution in [0.25, 0.3) is 0 Å². The van der Waals surface area contributed by atoms with Gasteiger partial charge in [0.05, 0.1) is 6.04 Å². The smallest absolute Gasteiger partial charge is 0.248 e. The molecule has 2 atom stereocenters. The van der Waals surface area contributed by atoms with E-state index in [-0.39, 0.29) is 30.1 Å². The van der Waals surface area contributed by atoms with E-state index >= 15 is 0 Å². The molecule has 160 valence electrons. The molecular formula is C21H25N3O5S. The van der Waals surface area contributed by atoms with Crippen LogP contribution in [0.3, 0.4) is 0 Å². The SMILES string of the molecule is COCC(=O)N1CC[C@@H]2[C@@H](CC1)Oc1ccccc1S(=O)(=O)N2Cc1cccnc1. The fourth-order valence-electron chi connectivity index (χ4n) is 4.09. The van der Waals surface area contributed by atoms with Gasteiger partial charge in [0, 0.05) is 45.6 Å². The second-order valence-electron chi connectivity index (χ2n) is 7.47. The average molecular weight is 432 g/mol. The molecule has 0 bridgehead atoms. The van der Waals surface area contributed by atoms with Crippen LogP contribution in [-0.4, -0.2) is 67.5 Å². The Kier molecular flexibility index (Phi) is 6.03. The zero-order valence-corrected chi connectivity index (χ0v) is 17.6. The molecule has 2 aliphatic heterocycles. The summed E-state index contributed by atoms with van der Waals surface area (Å²) in [5.74, 6) is 0.258. The number of para-hydroxylation sites is 1. The van der Waals surface area contributed by atoms with Crippen molar-refractivity contribution in [1.82, 2.24) is 14.2 Å². The molecule has 3 heterocycles. The van der Waals surface area contributed by atoms with Gasteiger partial charge in [-0.05, 0) is 30.2 Å². The number of likely N-dealkylation sites (tertiary alicyclic amines) is 1. The van der Waals surface area contributed by atoms with Crippen LogP contribution in [0.4, 0.5) is 0 Å². The lowest BCUT2D eigenvalue weighted by molar-refractivity contribution is -0.135. The fraction of sp³-hybridized carbons (Fsp3) is 0.429. The molecule has 1 fully saturated rings. The molecule has 8 nitrogen and oxygen atoms in total. The Morgan fingerprint density at radius 2 is 2.00 bits per heavy atom. The molecule has 1 aromatic heterocycles. The monoisotopic (exact) mass is 431 g/mol. The number of carbonyl (C=O) groups excluding carboxylic acids is 1. The Labute approximate surface area is 176 Å². The van der Waals surface area contributed by atoms with E-state index in [1.165, 1.54) is 11.4 Å². The second kappa shape index (κ2) is 8.71. The van der Waals surface area contributed by atoms with Gasteiger partial charge < -0.3 is 14.4 Å². The van der Waals surface area contributed by atoms with Crippen molar-refractivity contribution in [3.8, 4) is 5.75 Å². The molecule has 4 rings (SSSR count). The molecule has 0 radical (unpaired) electrons. The number of carbonyl (C=O) groups is 1. The third-order valence-electron chi connectivity index (χ3n) is 5.57. The maximum Gasteiger partial charge on any atom is 0.248 e. The van der Waals surface area contributed by atoms with Crippen molar-refractivity contribution >= 4 is 15.9 Å². The van der Waals surface area contributed by atoms with Crippen molar-refractivity contribution < 1.29 is 22.7 Å². The van der Waals surface area contributed by atoms with E-state index in [1.807, 2.05) is 6.07 Å². The molecule has 1 aromatic carbocycles. The third kappa shape index (κ3) is 4.05. The number of ether oxygens (including phenoxy) is 2. The average Bonchev–Trinajstić information content (AvgIpc) is 2.99. The fourth-order valence-corrected chi connectivity index (χ4v) is 5.88. The predicted octanol–water partition coefficient (Wildman–Crippen LogP) is 1.67. The maximum absolute atomic E-state index is 13.6. The van der Waals surface area contributed by atoms with Gasteiger partial charge in [-0.25, -0.2) is 8.42 Å². The molecule has 1 amide bonds. The summed E-state index contributed by atoms with van der Waals surface area (Å²) in [6, 6.07) is 10.00. The summed E-state index contributed by atoms with van der Waals surface area (Å²) in [5.41, 5.74) is 0.802. The largest absolute Gasteiger partial charge is 0.487 e. The summed E-state index contributed by atoms with van der Waals surface area (Å²) in [4.78, 5) is 18.4. The topological polar surface area (TPSA) is 89.0 Å². The molecule has 1 saturated heterocycles. The molecule has 2 aliphatic rings. The summed E-state index contributed by atoms with van der Waals surface area (Å²) in [7, 11) is -2.31. The van der Waals surface area contributed by atoms with Crippen molar-refractivity contribution in [2.24, 2.45) is 0 Å². The lowest BCUT2D eigenvalue weighted by Crippen LogP contribution is -2.46. The Morgan fingerprint density at radius 3 is 2.77 bits per heavy atom. The standard InChI is InChI=1S/C21H25N3O5S/c1-28-15-21(25)23-11-8-17-18(9-12-23)29-19-6-2-3-7-20(19)30(26,27)24(17)14-16-5-4-10-22-13-16/h2-7,10,13,17-18H,8-9,11-12,14-15H2,1H3/t17-,18-/m1/s1. The number of pyridine rings is 1. The second-order valence-corrected chi connectivity index (χ2v) is 9.33. The highest BCUT2D eigenvalue weighted by molar-refractivity contribution is 7.89. The third-order valence-corrected chi connectivity index (χ3v) is 7.48. The van der Waals surface area contributed by atoms with Gasteiger partial charge >= 0.3 is 0 Å². The van der Waals surface area contributed by atoms with Crippen LogP contribution in [0, 0.1) is 0 Å². The first-order valence-electron chi connectivity index (χ1n) is 9.94. The van der Waals surface area contributed by atoms with Crippen molar-refractivity contribution in [3.63, 3.8) is 0 Å². The van der Waals surface area contributed by atoms with Crippen molar-refractivity contribution in [1.29, 1.82) is 0 Å². The minimum atomic E-state index is -3.80. The summed E-state index contributed by atoms with van der Waals surface area (Å²) in [6.45, 7) is 1.15. The molecule has 0 N–H and O–H groups in total. The lowest BCUT2D eigenvalue weighted by Gasteiger charge is -2.31. The molecular weight excluding hydrogens is 406 g/mol. The van der Waals surface area contributed by atoms with E-state index in [0.29, 0.717) is 31.7 Å². The molecule has 0 unspecified atom stereocenters. The Morgan fingerprint density at radius 1 is 1.20 bits per heavy atom. The van der Waals surface area contributed by atoms with Crippen LogP contribution >= 0.6 is 0 Å². The first kappa shape index (κ1) is 20.8. The number of nitrogens with zero attached hydrogens (tertiary/aromatic N) is 3. The van der Waals surface area contributed by atoms with E-state index in [4.69, 9.17) is 9.47 Å². The predicted molar refractivity (Wildman–Crippen MR) is 109 cm³/mol. The van der Waals surface area contributed by atoms with Gasteiger partial charge in [0.2, 0.25) is 15.9 Å². The summed E-state index contributed by atoms with van der Waals surface area (Å²) < 4.78 is 40.0. The molecule has 0 spiro atoms. The van der Waals surface area contributed by atoms with Gasteiger partial charge in [0.25, 0.3) is 0 Å². The number of amides is 1. The maximum atomic E-state index is 13.6. The highest BCUT2D eigenvalue weighted by Gasteiger charge is 2.43. The number of aromatic nitrogens is 1. The number of methoxy groups -OCH3 is 1. The van der Waals surface area contributed by atoms with E-state index in [0.717, 1.165) is 5.56 Å². The van der Waals surface area contributed by atoms with Gasteiger partial charge in [-0.2, -0.15) is 4.31 Å². The minimum Gasteiger partial charge on any atom is -0.487 e. The summed E-state index contributed by atoms with van der Waals surface area (Å²) in [6.07, 6.45) is 3.99. The van der Waals surface area contributed by atoms with E-state index < -0.39 is 16.1 Å². The molecule has 2 aromatic rings.